The highest BCUT2D eigenvalue weighted by molar-refractivity contribution is 7.88. The molecule has 0 fully saturated rings. The molecule has 0 heterocycles. The van der Waals surface area contributed by atoms with Crippen molar-refractivity contribution in [1.29, 1.82) is 0 Å². The molecule has 43 heavy (non-hydrogen) atoms. The number of rotatable bonds is 8. The van der Waals surface area contributed by atoms with Gasteiger partial charge in [-0.05, 0) is 11.1 Å². The smallest absolute Gasteiger partial charge is 0.179 e. The molecule has 0 aliphatic heterocycles. The van der Waals surface area contributed by atoms with Gasteiger partial charge >= 0.3 is 0 Å². The summed E-state index contributed by atoms with van der Waals surface area (Å²) in [5, 5.41) is 3.78. The highest BCUT2D eigenvalue weighted by Crippen LogP contribution is 2.60. The van der Waals surface area contributed by atoms with Gasteiger partial charge in [-0.25, -0.2) is 0 Å². The summed E-state index contributed by atoms with van der Waals surface area (Å²) in [6, 6.07) is 57.7. The Morgan fingerprint density at radius 1 is 0.326 bits per heavy atom. The Hall–Kier alpha value is -4.70. The van der Waals surface area contributed by atoms with E-state index >= 15 is 9.13 Å². The molecule has 0 atom stereocenters. The zero-order valence-corrected chi connectivity index (χ0v) is 25.3. The maximum absolute atomic E-state index is 15.9. The summed E-state index contributed by atoms with van der Waals surface area (Å²) in [5.74, 6) is 0. The minimum absolute atomic E-state index is 0.511. The SMILES string of the molecule is O=P(C(=C=C(c1ccccc1)P(=O)(c1ccccc1)c1ccccc1)c1ccccc1)(c1ccccc1)c1ccccc1. The van der Waals surface area contributed by atoms with Crippen molar-refractivity contribution >= 4 is 46.1 Å². The van der Waals surface area contributed by atoms with E-state index in [1.54, 1.807) is 0 Å². The standard InChI is InChI=1S/C39H30O2P2/c40-42(34-23-11-3-12-24-34,35-25-13-4-14-26-35)38(32-19-7-1-8-20-32)31-39(33-21-9-2-10-22-33)43(41,36-27-15-5-16-28-36)37-29-17-6-18-30-37/h1-30H. The molecule has 2 nitrogen and oxygen atoms in total. The van der Waals surface area contributed by atoms with Crippen LogP contribution in [-0.4, -0.2) is 0 Å². The first-order valence-corrected chi connectivity index (χ1v) is 17.6. The minimum Gasteiger partial charge on any atom is -0.308 e. The van der Waals surface area contributed by atoms with E-state index in [0.717, 1.165) is 11.1 Å². The van der Waals surface area contributed by atoms with Gasteiger partial charge in [-0.15, -0.1) is 0 Å². The average molecular weight is 593 g/mol. The van der Waals surface area contributed by atoms with Crippen LogP contribution in [0.1, 0.15) is 11.1 Å². The lowest BCUT2D eigenvalue weighted by Crippen LogP contribution is -2.18. The highest BCUT2D eigenvalue weighted by Gasteiger charge is 2.37. The zero-order valence-electron chi connectivity index (χ0n) is 23.5. The van der Waals surface area contributed by atoms with E-state index < -0.39 is 14.3 Å². The van der Waals surface area contributed by atoms with E-state index in [2.05, 4.69) is 5.73 Å². The molecule has 6 rings (SSSR count). The lowest BCUT2D eigenvalue weighted by Gasteiger charge is -2.25. The van der Waals surface area contributed by atoms with Gasteiger partial charge in [-0.2, -0.15) is 0 Å². The van der Waals surface area contributed by atoms with Crippen LogP contribution >= 0.6 is 14.3 Å². The van der Waals surface area contributed by atoms with E-state index in [1.165, 1.54) is 0 Å². The van der Waals surface area contributed by atoms with Crippen molar-refractivity contribution in [2.75, 3.05) is 0 Å². The maximum atomic E-state index is 15.9. The van der Waals surface area contributed by atoms with Crippen LogP contribution in [0, 0.1) is 0 Å². The highest BCUT2D eigenvalue weighted by atomic mass is 31.2. The first-order valence-electron chi connectivity index (χ1n) is 14.2. The molecule has 0 unspecified atom stereocenters. The van der Waals surface area contributed by atoms with Gasteiger partial charge in [0.25, 0.3) is 0 Å². The van der Waals surface area contributed by atoms with E-state index in [0.29, 0.717) is 31.8 Å². The minimum atomic E-state index is -3.52. The summed E-state index contributed by atoms with van der Waals surface area (Å²) in [6.07, 6.45) is 0. The van der Waals surface area contributed by atoms with Gasteiger partial charge in [0.2, 0.25) is 0 Å². The molecular formula is C39H30O2P2. The summed E-state index contributed by atoms with van der Waals surface area (Å²) in [7, 11) is -7.04. The van der Waals surface area contributed by atoms with Crippen molar-refractivity contribution in [3.05, 3.63) is 199 Å². The quantitative estimate of drug-likeness (QED) is 0.131. The molecule has 6 aromatic carbocycles. The van der Waals surface area contributed by atoms with Gasteiger partial charge in [0.05, 0.1) is 10.6 Å². The van der Waals surface area contributed by atoms with Crippen LogP contribution in [0.2, 0.25) is 0 Å². The van der Waals surface area contributed by atoms with Gasteiger partial charge in [0, 0.05) is 21.2 Å². The van der Waals surface area contributed by atoms with Gasteiger partial charge in [-0.3, -0.25) is 0 Å². The van der Waals surface area contributed by atoms with Gasteiger partial charge in [0.1, 0.15) is 0 Å². The number of hydrogen-bond donors (Lipinski definition) is 0. The second-order valence-corrected chi connectivity index (χ2v) is 15.5. The first-order chi connectivity index (χ1) is 21.1. The van der Waals surface area contributed by atoms with E-state index in [9.17, 15) is 0 Å². The Morgan fingerprint density at radius 3 is 0.767 bits per heavy atom. The predicted molar refractivity (Wildman–Crippen MR) is 183 cm³/mol. The molecule has 0 saturated heterocycles. The predicted octanol–water partition coefficient (Wildman–Crippen LogP) is 8.70. The molecule has 6 aromatic rings. The molecule has 0 aromatic heterocycles. The van der Waals surface area contributed by atoms with Crippen LogP contribution in [0.5, 0.6) is 0 Å². The topological polar surface area (TPSA) is 34.1 Å². The molecule has 0 aliphatic rings. The number of hydrogen-bond acceptors (Lipinski definition) is 2. The molecule has 208 valence electrons. The fourth-order valence-electron chi connectivity index (χ4n) is 5.34. The van der Waals surface area contributed by atoms with Gasteiger partial charge in [-0.1, -0.05) is 188 Å². The van der Waals surface area contributed by atoms with Crippen molar-refractivity contribution in [1.82, 2.24) is 0 Å². The van der Waals surface area contributed by atoms with Gasteiger partial charge < -0.3 is 9.13 Å². The monoisotopic (exact) mass is 592 g/mol. The third kappa shape index (κ3) is 5.58. The lowest BCUT2D eigenvalue weighted by molar-refractivity contribution is 0.592. The van der Waals surface area contributed by atoms with Crippen LogP contribution < -0.4 is 21.2 Å². The third-order valence-corrected chi connectivity index (χ3v) is 13.5. The zero-order chi connectivity index (χ0) is 29.5. The average Bonchev–Trinajstić information content (AvgIpc) is 3.10. The number of benzene rings is 6. The third-order valence-electron chi connectivity index (χ3n) is 7.44. The molecule has 0 saturated carbocycles. The Bertz CT molecular complexity index is 1730. The van der Waals surface area contributed by atoms with Crippen molar-refractivity contribution < 1.29 is 9.13 Å². The molecule has 0 radical (unpaired) electrons. The van der Waals surface area contributed by atoms with Crippen molar-refractivity contribution in [2.45, 2.75) is 0 Å². The molecule has 0 N–H and O–H groups in total. The molecular weight excluding hydrogens is 562 g/mol. The van der Waals surface area contributed by atoms with Crippen molar-refractivity contribution in [2.24, 2.45) is 0 Å². The fourth-order valence-corrected chi connectivity index (χ4v) is 11.0. The van der Waals surface area contributed by atoms with Crippen LogP contribution in [0.15, 0.2) is 188 Å². The molecule has 0 bridgehead atoms. The summed E-state index contributed by atoms with van der Waals surface area (Å²) in [6.45, 7) is 0. The molecule has 0 spiro atoms. The molecule has 0 amide bonds. The summed E-state index contributed by atoms with van der Waals surface area (Å²) < 4.78 is 31.8. The van der Waals surface area contributed by atoms with Gasteiger partial charge in [0.15, 0.2) is 14.3 Å². The molecule has 0 aliphatic carbocycles. The van der Waals surface area contributed by atoms with Crippen LogP contribution in [0.3, 0.4) is 0 Å². The van der Waals surface area contributed by atoms with Crippen molar-refractivity contribution in [3.8, 4) is 0 Å². The summed E-state index contributed by atoms with van der Waals surface area (Å²) in [5.41, 5.74) is 5.20. The summed E-state index contributed by atoms with van der Waals surface area (Å²) >= 11 is 0. The Labute approximate surface area is 253 Å². The molecule has 4 heteroatoms. The first kappa shape index (κ1) is 28.4. The van der Waals surface area contributed by atoms with E-state index in [4.69, 9.17) is 0 Å². The maximum Gasteiger partial charge on any atom is 0.179 e. The Balaban J connectivity index is 1.84. The van der Waals surface area contributed by atoms with Crippen LogP contribution in [0.4, 0.5) is 0 Å². The van der Waals surface area contributed by atoms with Crippen LogP contribution in [0.25, 0.3) is 10.6 Å². The largest absolute Gasteiger partial charge is 0.308 e. The summed E-state index contributed by atoms with van der Waals surface area (Å²) in [4.78, 5) is 0. The fraction of sp³-hybridized carbons (Fsp3) is 0. The van der Waals surface area contributed by atoms with Crippen molar-refractivity contribution in [3.63, 3.8) is 0 Å². The normalized spacial score (nSPS) is 11.3. The van der Waals surface area contributed by atoms with Crippen LogP contribution in [-0.2, 0) is 9.13 Å². The lowest BCUT2D eigenvalue weighted by atomic mass is 10.2. The second-order valence-electron chi connectivity index (χ2n) is 10.1. The Kier molecular flexibility index (Phi) is 8.37. The van der Waals surface area contributed by atoms with E-state index in [1.807, 2.05) is 182 Å². The second kappa shape index (κ2) is 12.7. The Morgan fingerprint density at radius 2 is 0.535 bits per heavy atom. The van der Waals surface area contributed by atoms with E-state index in [-0.39, 0.29) is 0 Å².